The third-order valence-electron chi connectivity index (χ3n) is 3.42. The molecule has 0 radical (unpaired) electrons. The number of rotatable bonds is 8. The van der Waals surface area contributed by atoms with Crippen molar-refractivity contribution in [2.24, 2.45) is 5.92 Å². The lowest BCUT2D eigenvalue weighted by atomic mass is 10.2. The predicted molar refractivity (Wildman–Crippen MR) is 83.9 cm³/mol. The quantitative estimate of drug-likeness (QED) is 0.565. The van der Waals surface area contributed by atoms with Crippen LogP contribution in [0.5, 0.6) is 0 Å². The first kappa shape index (κ1) is 16.5. The number of nitrogens with two attached hydrogens (primary N) is 1. The van der Waals surface area contributed by atoms with E-state index >= 15 is 0 Å². The summed E-state index contributed by atoms with van der Waals surface area (Å²) < 4.78 is 32.3. The van der Waals surface area contributed by atoms with Crippen molar-refractivity contribution in [3.63, 3.8) is 0 Å². The molecular weight excluding hydrogens is 312 g/mol. The predicted octanol–water partition coefficient (Wildman–Crippen LogP) is 2.33. The van der Waals surface area contributed by atoms with Gasteiger partial charge in [-0.05, 0) is 49.8 Å². The Bertz CT molecular complexity index is 600. The molecule has 0 spiro atoms. The fourth-order valence-electron chi connectivity index (χ4n) is 1.87. The fourth-order valence-corrected chi connectivity index (χ4v) is 3.56. The molecule has 1 aliphatic rings. The van der Waals surface area contributed by atoms with Gasteiger partial charge in [-0.1, -0.05) is 11.6 Å². The van der Waals surface area contributed by atoms with E-state index in [4.69, 9.17) is 22.1 Å². The minimum atomic E-state index is -3.64. The van der Waals surface area contributed by atoms with E-state index in [1.165, 1.54) is 18.9 Å². The first-order valence-electron chi connectivity index (χ1n) is 7.03. The molecule has 0 unspecified atom stereocenters. The molecule has 118 valence electrons. The Morgan fingerprint density at radius 1 is 1.43 bits per heavy atom. The Balaban J connectivity index is 1.84. The molecule has 1 aliphatic carbocycles. The maximum absolute atomic E-state index is 12.2. The molecule has 1 fully saturated rings. The van der Waals surface area contributed by atoms with Gasteiger partial charge in [0.2, 0.25) is 10.0 Å². The van der Waals surface area contributed by atoms with E-state index in [-0.39, 0.29) is 9.92 Å². The largest absolute Gasteiger partial charge is 0.398 e. The van der Waals surface area contributed by atoms with Gasteiger partial charge in [0.25, 0.3) is 0 Å². The topological polar surface area (TPSA) is 81.4 Å². The Labute approximate surface area is 130 Å². The van der Waals surface area contributed by atoms with E-state index in [0.29, 0.717) is 25.3 Å². The van der Waals surface area contributed by atoms with Crippen LogP contribution in [0.15, 0.2) is 17.0 Å². The number of hydrogen-bond acceptors (Lipinski definition) is 4. The monoisotopic (exact) mass is 332 g/mol. The van der Waals surface area contributed by atoms with Crippen LogP contribution in [0, 0.1) is 12.8 Å². The summed E-state index contributed by atoms with van der Waals surface area (Å²) in [5, 5.41) is 0.180. The number of sulfonamides is 1. The second-order valence-corrected chi connectivity index (χ2v) is 7.55. The normalized spacial score (nSPS) is 15.3. The minimum Gasteiger partial charge on any atom is -0.398 e. The second-order valence-electron chi connectivity index (χ2n) is 5.41. The van der Waals surface area contributed by atoms with Crippen LogP contribution in [-0.4, -0.2) is 28.2 Å². The molecule has 1 aromatic carbocycles. The SMILES string of the molecule is Cc1cc(Cl)c(S(=O)(=O)NCCCOCC2CC2)cc1N. The molecule has 0 heterocycles. The molecule has 0 saturated heterocycles. The molecule has 7 heteroatoms. The van der Waals surface area contributed by atoms with Gasteiger partial charge in [-0.3, -0.25) is 0 Å². The van der Waals surface area contributed by atoms with E-state index < -0.39 is 10.0 Å². The van der Waals surface area contributed by atoms with Crippen molar-refractivity contribution in [3.8, 4) is 0 Å². The Morgan fingerprint density at radius 2 is 2.14 bits per heavy atom. The van der Waals surface area contributed by atoms with Gasteiger partial charge in [0.1, 0.15) is 4.90 Å². The summed E-state index contributed by atoms with van der Waals surface area (Å²) in [5.41, 5.74) is 6.91. The van der Waals surface area contributed by atoms with Gasteiger partial charge >= 0.3 is 0 Å². The summed E-state index contributed by atoms with van der Waals surface area (Å²) in [6.45, 7) is 3.44. The van der Waals surface area contributed by atoms with Crippen molar-refractivity contribution < 1.29 is 13.2 Å². The lowest BCUT2D eigenvalue weighted by molar-refractivity contribution is 0.123. The number of nitrogen functional groups attached to an aromatic ring is 1. The highest BCUT2D eigenvalue weighted by atomic mass is 35.5. The van der Waals surface area contributed by atoms with Crippen molar-refractivity contribution in [1.29, 1.82) is 0 Å². The van der Waals surface area contributed by atoms with Crippen molar-refractivity contribution in [2.45, 2.75) is 31.1 Å². The van der Waals surface area contributed by atoms with E-state index in [1.807, 2.05) is 0 Å². The van der Waals surface area contributed by atoms with Crippen LogP contribution < -0.4 is 10.5 Å². The number of hydrogen-bond donors (Lipinski definition) is 2. The van der Waals surface area contributed by atoms with Gasteiger partial charge in [-0.2, -0.15) is 0 Å². The van der Waals surface area contributed by atoms with Crippen LogP contribution in [0.4, 0.5) is 5.69 Å². The third-order valence-corrected chi connectivity index (χ3v) is 5.34. The Hall–Kier alpha value is -0.820. The summed E-state index contributed by atoms with van der Waals surface area (Å²) >= 11 is 5.99. The highest BCUT2D eigenvalue weighted by Crippen LogP contribution is 2.29. The summed E-state index contributed by atoms with van der Waals surface area (Å²) in [5.74, 6) is 0.719. The van der Waals surface area contributed by atoms with Crippen LogP contribution in [0.3, 0.4) is 0 Å². The number of anilines is 1. The van der Waals surface area contributed by atoms with E-state index in [1.54, 1.807) is 13.0 Å². The number of benzene rings is 1. The molecule has 2 rings (SSSR count). The molecule has 0 aromatic heterocycles. The Morgan fingerprint density at radius 3 is 2.81 bits per heavy atom. The van der Waals surface area contributed by atoms with Crippen molar-refractivity contribution >= 4 is 27.3 Å². The zero-order valence-electron chi connectivity index (χ0n) is 12.1. The molecule has 0 bridgehead atoms. The third kappa shape index (κ3) is 4.85. The Kier molecular flexibility index (Phi) is 5.48. The first-order valence-corrected chi connectivity index (χ1v) is 8.89. The molecule has 1 aromatic rings. The first-order chi connectivity index (χ1) is 9.90. The van der Waals surface area contributed by atoms with E-state index in [9.17, 15) is 8.42 Å². The number of halogens is 1. The minimum absolute atomic E-state index is 0.0196. The standard InChI is InChI=1S/C14H21ClN2O3S/c1-10-7-12(15)14(8-13(10)16)21(18,19)17-5-2-6-20-9-11-3-4-11/h7-8,11,17H,2-6,9,16H2,1H3. The van der Waals surface area contributed by atoms with E-state index in [2.05, 4.69) is 4.72 Å². The molecule has 0 aliphatic heterocycles. The molecular formula is C14H21ClN2O3S. The van der Waals surface area contributed by atoms with Gasteiger partial charge in [0.05, 0.1) is 5.02 Å². The number of aryl methyl sites for hydroxylation is 1. The van der Waals surface area contributed by atoms with Crippen LogP contribution in [0.2, 0.25) is 5.02 Å². The highest BCUT2D eigenvalue weighted by Gasteiger charge is 2.21. The lowest BCUT2D eigenvalue weighted by Gasteiger charge is -2.10. The zero-order valence-corrected chi connectivity index (χ0v) is 13.6. The van der Waals surface area contributed by atoms with Crippen LogP contribution in [0.25, 0.3) is 0 Å². The maximum Gasteiger partial charge on any atom is 0.242 e. The lowest BCUT2D eigenvalue weighted by Crippen LogP contribution is -2.26. The van der Waals surface area contributed by atoms with Gasteiger partial charge in [0.15, 0.2) is 0 Å². The van der Waals surface area contributed by atoms with Gasteiger partial charge in [0, 0.05) is 25.4 Å². The average Bonchev–Trinajstić information content (AvgIpc) is 3.22. The van der Waals surface area contributed by atoms with Crippen molar-refractivity contribution in [1.82, 2.24) is 4.72 Å². The van der Waals surface area contributed by atoms with Crippen molar-refractivity contribution in [2.75, 3.05) is 25.5 Å². The summed E-state index contributed by atoms with van der Waals surface area (Å²) in [6.07, 6.45) is 3.13. The van der Waals surface area contributed by atoms with E-state index in [0.717, 1.165) is 18.1 Å². The second kappa shape index (κ2) is 6.96. The van der Waals surface area contributed by atoms with Crippen molar-refractivity contribution in [3.05, 3.63) is 22.7 Å². The highest BCUT2D eigenvalue weighted by molar-refractivity contribution is 7.89. The zero-order chi connectivity index (χ0) is 15.5. The number of ether oxygens (including phenoxy) is 1. The van der Waals surface area contributed by atoms with Crippen LogP contribution >= 0.6 is 11.6 Å². The summed E-state index contributed by atoms with van der Waals surface area (Å²) in [6, 6.07) is 2.95. The smallest absolute Gasteiger partial charge is 0.242 e. The molecule has 0 amide bonds. The molecule has 1 saturated carbocycles. The maximum atomic E-state index is 12.2. The van der Waals surface area contributed by atoms with Gasteiger partial charge in [-0.25, -0.2) is 13.1 Å². The molecule has 5 nitrogen and oxygen atoms in total. The number of nitrogens with one attached hydrogen (secondary N) is 1. The van der Waals surface area contributed by atoms with Crippen LogP contribution in [-0.2, 0) is 14.8 Å². The van der Waals surface area contributed by atoms with Gasteiger partial charge in [-0.15, -0.1) is 0 Å². The summed E-state index contributed by atoms with van der Waals surface area (Å²) in [7, 11) is -3.64. The summed E-state index contributed by atoms with van der Waals surface area (Å²) in [4.78, 5) is 0.0196. The molecule has 0 atom stereocenters. The fraction of sp³-hybridized carbons (Fsp3) is 0.571. The molecule has 3 N–H and O–H groups in total. The van der Waals surface area contributed by atoms with Gasteiger partial charge < -0.3 is 10.5 Å². The average molecular weight is 333 g/mol. The molecule has 21 heavy (non-hydrogen) atoms. The van der Waals surface area contributed by atoms with Crippen LogP contribution in [0.1, 0.15) is 24.8 Å².